The molecule has 2 unspecified atom stereocenters. The average Bonchev–Trinajstić information content (AvgIpc) is 2.67. The lowest BCUT2D eigenvalue weighted by atomic mass is 9.99. The van der Waals surface area contributed by atoms with Crippen LogP contribution in [0.3, 0.4) is 0 Å². The molecule has 0 bridgehead atoms. The van der Waals surface area contributed by atoms with E-state index in [0.717, 1.165) is 39.5 Å². The Labute approximate surface area is 157 Å². The van der Waals surface area contributed by atoms with Gasteiger partial charge < -0.3 is 4.90 Å². The van der Waals surface area contributed by atoms with Gasteiger partial charge in [0.15, 0.2) is 0 Å². The van der Waals surface area contributed by atoms with E-state index in [1.54, 1.807) is 0 Å². The smallest absolute Gasteiger partial charge is 0.0886 e. The Morgan fingerprint density at radius 2 is 1.88 bits per heavy atom. The molecule has 1 aliphatic heterocycles. The molecule has 1 aromatic heterocycles. The first-order valence-electron chi connectivity index (χ1n) is 9.24. The second kappa shape index (κ2) is 7.20. The average molecular weight is 365 g/mol. The van der Waals surface area contributed by atoms with Gasteiger partial charge in [-0.3, -0.25) is 4.98 Å². The molecule has 0 saturated carbocycles. The van der Waals surface area contributed by atoms with Crippen LogP contribution in [0.25, 0.3) is 10.9 Å². The molecule has 2 aromatic carbocycles. The first kappa shape index (κ1) is 17.2. The number of hydrogen-bond donors (Lipinski definition) is 0. The van der Waals surface area contributed by atoms with Crippen molar-refractivity contribution in [3.63, 3.8) is 0 Å². The highest BCUT2D eigenvalue weighted by molar-refractivity contribution is 7.85. The summed E-state index contributed by atoms with van der Waals surface area (Å²) in [4.78, 5) is 8.67. The van der Waals surface area contributed by atoms with Gasteiger partial charge in [-0.25, -0.2) is 4.21 Å². The number of piperidine rings is 1. The predicted molar refractivity (Wildman–Crippen MR) is 108 cm³/mol. The maximum Gasteiger partial charge on any atom is 0.0886 e. The van der Waals surface area contributed by atoms with Crippen LogP contribution in [0.2, 0.25) is 0 Å². The Kier molecular flexibility index (Phi) is 4.77. The maximum absolute atomic E-state index is 13.4. The Balaban J connectivity index is 1.87. The lowest BCUT2D eigenvalue weighted by Crippen LogP contribution is -2.35. The van der Waals surface area contributed by atoms with Crippen molar-refractivity contribution >= 4 is 27.4 Å². The van der Waals surface area contributed by atoms with Gasteiger partial charge in [-0.1, -0.05) is 42.8 Å². The van der Waals surface area contributed by atoms with Crippen molar-refractivity contribution in [3.05, 3.63) is 60.3 Å². The summed E-state index contributed by atoms with van der Waals surface area (Å²) in [5.74, 6) is 0.649. The monoisotopic (exact) mass is 364 g/mol. The van der Waals surface area contributed by atoms with Gasteiger partial charge in [-0.15, -0.1) is 0 Å². The van der Waals surface area contributed by atoms with Crippen LogP contribution >= 0.6 is 0 Å². The molecule has 0 amide bonds. The number of nitrogens with zero attached hydrogens (tertiary/aromatic N) is 2. The van der Waals surface area contributed by atoms with Crippen LogP contribution in [0.1, 0.15) is 25.3 Å². The second-order valence-electron chi connectivity index (χ2n) is 7.26. The molecule has 1 aliphatic rings. The van der Waals surface area contributed by atoms with E-state index < -0.39 is 10.8 Å². The van der Waals surface area contributed by atoms with Crippen molar-refractivity contribution in [2.45, 2.75) is 36.5 Å². The summed E-state index contributed by atoms with van der Waals surface area (Å²) in [7, 11) is -1.24. The van der Waals surface area contributed by atoms with Gasteiger partial charge in [0, 0.05) is 29.6 Å². The fourth-order valence-corrected chi connectivity index (χ4v) is 4.95. The van der Waals surface area contributed by atoms with Crippen LogP contribution in [0, 0.1) is 12.8 Å². The summed E-state index contributed by atoms with van der Waals surface area (Å²) >= 11 is 0. The van der Waals surface area contributed by atoms with Gasteiger partial charge in [-0.2, -0.15) is 0 Å². The third-order valence-corrected chi connectivity index (χ3v) is 6.52. The third kappa shape index (κ3) is 3.26. The number of anilines is 1. The first-order valence-corrected chi connectivity index (χ1v) is 10.4. The Hall–Kier alpha value is -2.20. The van der Waals surface area contributed by atoms with E-state index in [2.05, 4.69) is 22.9 Å². The van der Waals surface area contributed by atoms with E-state index in [9.17, 15) is 4.21 Å². The summed E-state index contributed by atoms with van der Waals surface area (Å²) in [6, 6.07) is 16.1. The van der Waals surface area contributed by atoms with E-state index in [0.29, 0.717) is 5.92 Å². The zero-order valence-corrected chi connectivity index (χ0v) is 16.1. The largest absolute Gasteiger partial charge is 0.370 e. The zero-order valence-electron chi connectivity index (χ0n) is 15.3. The number of rotatable bonds is 3. The minimum atomic E-state index is -1.24. The predicted octanol–water partition coefficient (Wildman–Crippen LogP) is 4.95. The molecule has 1 saturated heterocycles. The molecular formula is C22H24N2OS. The lowest BCUT2D eigenvalue weighted by molar-refractivity contribution is 0.446. The number of para-hydroxylation sites is 1. The summed E-state index contributed by atoms with van der Waals surface area (Å²) < 4.78 is 13.4. The summed E-state index contributed by atoms with van der Waals surface area (Å²) in [5, 5.41) is 1.10. The topological polar surface area (TPSA) is 33.2 Å². The number of aryl methyl sites for hydroxylation is 1. The van der Waals surface area contributed by atoms with Crippen molar-refractivity contribution < 1.29 is 4.21 Å². The third-order valence-electron chi connectivity index (χ3n) is 5.12. The van der Waals surface area contributed by atoms with Crippen molar-refractivity contribution in [1.29, 1.82) is 0 Å². The van der Waals surface area contributed by atoms with Gasteiger partial charge in [0.05, 0.1) is 26.9 Å². The molecule has 0 aliphatic carbocycles. The minimum absolute atomic E-state index is 0.649. The quantitative estimate of drug-likeness (QED) is 0.659. The van der Waals surface area contributed by atoms with Crippen molar-refractivity contribution in [2.24, 2.45) is 5.92 Å². The van der Waals surface area contributed by atoms with Gasteiger partial charge in [0.25, 0.3) is 0 Å². The van der Waals surface area contributed by atoms with Gasteiger partial charge in [0.2, 0.25) is 0 Å². The number of fused-ring (bicyclic) bond motifs is 1. The lowest BCUT2D eigenvalue weighted by Gasteiger charge is -2.34. The SMILES string of the molecule is Cc1ccc(S(=O)c2cnc3ccccc3c2N2CCCC(C)C2)cc1. The van der Waals surface area contributed by atoms with Crippen molar-refractivity contribution in [1.82, 2.24) is 4.98 Å². The molecule has 3 aromatic rings. The molecular weight excluding hydrogens is 340 g/mol. The summed E-state index contributed by atoms with van der Waals surface area (Å²) in [6.07, 6.45) is 4.25. The van der Waals surface area contributed by atoms with Crippen LogP contribution in [-0.4, -0.2) is 22.3 Å². The Bertz CT molecular complexity index is 952. The number of pyridine rings is 1. The molecule has 4 rings (SSSR count). The maximum atomic E-state index is 13.4. The molecule has 3 nitrogen and oxygen atoms in total. The van der Waals surface area contributed by atoms with Crippen molar-refractivity contribution in [2.75, 3.05) is 18.0 Å². The summed E-state index contributed by atoms with van der Waals surface area (Å²) in [5.41, 5.74) is 3.24. The Morgan fingerprint density at radius 1 is 1.12 bits per heavy atom. The molecule has 134 valence electrons. The first-order chi connectivity index (χ1) is 12.6. The standard InChI is InChI=1S/C22H24N2OS/c1-16-9-11-18(12-10-16)26(25)21-14-23-20-8-4-3-7-19(20)22(21)24-13-5-6-17(2)15-24/h3-4,7-12,14,17H,5-6,13,15H2,1-2H3. The minimum Gasteiger partial charge on any atom is -0.370 e. The van der Waals surface area contributed by atoms with Crippen LogP contribution in [0.4, 0.5) is 5.69 Å². The highest BCUT2D eigenvalue weighted by Crippen LogP contribution is 2.36. The fraction of sp³-hybridized carbons (Fsp3) is 0.318. The number of benzene rings is 2. The summed E-state index contributed by atoms with van der Waals surface area (Å²) in [6.45, 7) is 6.36. The highest BCUT2D eigenvalue weighted by Gasteiger charge is 2.24. The molecule has 26 heavy (non-hydrogen) atoms. The zero-order chi connectivity index (χ0) is 18.1. The Morgan fingerprint density at radius 3 is 2.65 bits per heavy atom. The highest BCUT2D eigenvalue weighted by atomic mass is 32.2. The fourth-order valence-electron chi connectivity index (χ4n) is 3.75. The van der Waals surface area contributed by atoms with E-state index in [1.165, 1.54) is 18.4 Å². The number of hydrogen-bond acceptors (Lipinski definition) is 3. The van der Waals surface area contributed by atoms with Gasteiger partial charge in [0.1, 0.15) is 0 Å². The molecule has 0 N–H and O–H groups in total. The van der Waals surface area contributed by atoms with Crippen LogP contribution in [0.15, 0.2) is 64.5 Å². The molecule has 2 heterocycles. The molecule has 4 heteroatoms. The number of aromatic nitrogens is 1. The van der Waals surface area contributed by atoms with Crippen LogP contribution < -0.4 is 4.90 Å². The van der Waals surface area contributed by atoms with E-state index in [1.807, 2.05) is 55.6 Å². The van der Waals surface area contributed by atoms with E-state index >= 15 is 0 Å². The van der Waals surface area contributed by atoms with E-state index in [4.69, 9.17) is 0 Å². The molecule has 0 spiro atoms. The van der Waals surface area contributed by atoms with Gasteiger partial charge in [-0.05, 0) is 43.9 Å². The van der Waals surface area contributed by atoms with E-state index in [-0.39, 0.29) is 0 Å². The van der Waals surface area contributed by atoms with Crippen LogP contribution in [-0.2, 0) is 10.8 Å². The van der Waals surface area contributed by atoms with Crippen LogP contribution in [0.5, 0.6) is 0 Å². The molecule has 2 atom stereocenters. The normalized spacial score (nSPS) is 18.8. The second-order valence-corrected chi connectivity index (χ2v) is 8.71. The molecule has 1 fully saturated rings. The van der Waals surface area contributed by atoms with Crippen molar-refractivity contribution in [3.8, 4) is 0 Å². The van der Waals surface area contributed by atoms with Gasteiger partial charge >= 0.3 is 0 Å². The molecule has 0 radical (unpaired) electrons.